The fourth-order valence-electron chi connectivity index (χ4n) is 1.71. The van der Waals surface area contributed by atoms with Gasteiger partial charge in [0.25, 0.3) is 0 Å². The van der Waals surface area contributed by atoms with Gasteiger partial charge in [0.2, 0.25) is 0 Å². The smallest absolute Gasteiger partial charge is 0.408 e. The number of fused-ring (bicyclic) bond motifs is 1. The lowest BCUT2D eigenvalue weighted by Crippen LogP contribution is -2.14. The molecule has 0 bridgehead atoms. The molecule has 17 heavy (non-hydrogen) atoms. The molecule has 0 aliphatic carbocycles. The summed E-state index contributed by atoms with van der Waals surface area (Å²) in [7, 11) is 0. The van der Waals surface area contributed by atoms with Crippen molar-refractivity contribution in [1.82, 2.24) is 4.98 Å². The van der Waals surface area contributed by atoms with E-state index in [-0.39, 0.29) is 6.04 Å². The summed E-state index contributed by atoms with van der Waals surface area (Å²) in [5.74, 6) is -0.476. The van der Waals surface area contributed by atoms with Crippen LogP contribution in [0.1, 0.15) is 13.3 Å². The van der Waals surface area contributed by atoms with Crippen molar-refractivity contribution in [2.24, 2.45) is 0 Å². The van der Waals surface area contributed by atoms with Crippen molar-refractivity contribution in [1.29, 1.82) is 0 Å². The van der Waals surface area contributed by atoms with E-state index in [4.69, 9.17) is 10.2 Å². The summed E-state index contributed by atoms with van der Waals surface area (Å²) >= 11 is 0. The molecule has 4 N–H and O–H groups in total. The molecule has 1 unspecified atom stereocenters. The zero-order valence-electron chi connectivity index (χ0n) is 9.62. The minimum atomic E-state index is -0.476. The van der Waals surface area contributed by atoms with Crippen molar-refractivity contribution in [2.75, 3.05) is 11.1 Å². The van der Waals surface area contributed by atoms with Gasteiger partial charge in [-0.25, -0.2) is 4.79 Å². The molecule has 2 rings (SSSR count). The standard InChI is InChI=1S/C12H15N3O2/c1-3-4-7(2)14-9-6-10-11(5-8(9)13)17-12(16)15-10/h3,5-7,14H,1,4,13H2,2H3,(H,15,16). The number of aromatic amines is 1. The number of nitrogens with one attached hydrogen (secondary N) is 2. The Hall–Kier alpha value is -2.17. The van der Waals surface area contributed by atoms with Crippen LogP contribution in [0.5, 0.6) is 0 Å². The molecule has 0 saturated heterocycles. The zero-order valence-corrected chi connectivity index (χ0v) is 9.62. The molecule has 2 aromatic rings. The normalized spacial score (nSPS) is 12.5. The minimum Gasteiger partial charge on any atom is -0.408 e. The second kappa shape index (κ2) is 4.37. The first-order chi connectivity index (χ1) is 8.10. The fraction of sp³-hybridized carbons (Fsp3) is 0.250. The van der Waals surface area contributed by atoms with Gasteiger partial charge < -0.3 is 15.5 Å². The highest BCUT2D eigenvalue weighted by molar-refractivity contribution is 5.85. The molecule has 0 radical (unpaired) electrons. The molecule has 0 saturated carbocycles. The number of benzene rings is 1. The van der Waals surface area contributed by atoms with Crippen LogP contribution in [0, 0.1) is 0 Å². The van der Waals surface area contributed by atoms with E-state index in [9.17, 15) is 4.79 Å². The molecule has 0 fully saturated rings. The summed E-state index contributed by atoms with van der Waals surface area (Å²) in [6, 6.07) is 3.64. The summed E-state index contributed by atoms with van der Waals surface area (Å²) in [6.07, 6.45) is 2.67. The van der Waals surface area contributed by atoms with Crippen LogP contribution in [-0.4, -0.2) is 11.0 Å². The number of oxazole rings is 1. The highest BCUT2D eigenvalue weighted by atomic mass is 16.4. The summed E-state index contributed by atoms with van der Waals surface area (Å²) in [4.78, 5) is 13.6. The third kappa shape index (κ3) is 2.33. The highest BCUT2D eigenvalue weighted by Crippen LogP contribution is 2.25. The minimum absolute atomic E-state index is 0.228. The quantitative estimate of drug-likeness (QED) is 0.557. The summed E-state index contributed by atoms with van der Waals surface area (Å²) in [5, 5.41) is 3.25. The Balaban J connectivity index is 2.36. The van der Waals surface area contributed by atoms with Crippen LogP contribution in [0.3, 0.4) is 0 Å². The molecule has 1 heterocycles. The van der Waals surface area contributed by atoms with Gasteiger partial charge in [-0.2, -0.15) is 0 Å². The first-order valence-electron chi connectivity index (χ1n) is 5.40. The molecule has 5 heteroatoms. The number of nitrogens with two attached hydrogens (primary N) is 1. The van der Waals surface area contributed by atoms with E-state index in [1.54, 1.807) is 12.1 Å². The van der Waals surface area contributed by atoms with E-state index in [1.807, 2.05) is 13.0 Å². The largest absolute Gasteiger partial charge is 0.417 e. The average molecular weight is 233 g/mol. The van der Waals surface area contributed by atoms with E-state index < -0.39 is 5.76 Å². The van der Waals surface area contributed by atoms with Crippen LogP contribution >= 0.6 is 0 Å². The number of hydrogen-bond acceptors (Lipinski definition) is 4. The Morgan fingerprint density at radius 1 is 1.65 bits per heavy atom. The maximum atomic E-state index is 11.0. The Kier molecular flexibility index (Phi) is 2.91. The molecule has 0 amide bonds. The van der Waals surface area contributed by atoms with Crippen LogP contribution in [0.15, 0.2) is 34.0 Å². The Labute approximate surface area is 98.3 Å². The van der Waals surface area contributed by atoms with Crippen molar-refractivity contribution < 1.29 is 4.42 Å². The molecule has 90 valence electrons. The van der Waals surface area contributed by atoms with Gasteiger partial charge in [-0.15, -0.1) is 6.58 Å². The molecular weight excluding hydrogens is 218 g/mol. The van der Waals surface area contributed by atoms with Gasteiger partial charge in [-0.05, 0) is 19.4 Å². The fourth-order valence-corrected chi connectivity index (χ4v) is 1.71. The number of nitrogen functional groups attached to an aromatic ring is 1. The number of H-pyrrole nitrogens is 1. The monoisotopic (exact) mass is 233 g/mol. The van der Waals surface area contributed by atoms with E-state index >= 15 is 0 Å². The molecule has 0 aliphatic heterocycles. The third-order valence-corrected chi connectivity index (χ3v) is 2.51. The van der Waals surface area contributed by atoms with Crippen molar-refractivity contribution in [3.05, 3.63) is 35.3 Å². The van der Waals surface area contributed by atoms with Crippen molar-refractivity contribution >= 4 is 22.5 Å². The van der Waals surface area contributed by atoms with Crippen LogP contribution < -0.4 is 16.8 Å². The maximum Gasteiger partial charge on any atom is 0.417 e. The van der Waals surface area contributed by atoms with Gasteiger partial charge in [0.05, 0.1) is 16.9 Å². The van der Waals surface area contributed by atoms with E-state index in [1.165, 1.54) is 0 Å². The predicted molar refractivity (Wildman–Crippen MR) is 69.1 cm³/mol. The molecule has 1 aromatic heterocycles. The number of aromatic nitrogens is 1. The zero-order chi connectivity index (χ0) is 12.4. The predicted octanol–water partition coefficient (Wildman–Crippen LogP) is 2.08. The lowest BCUT2D eigenvalue weighted by molar-refractivity contribution is 0.555. The Bertz CT molecular complexity index is 597. The van der Waals surface area contributed by atoms with Crippen LogP contribution in [-0.2, 0) is 0 Å². The van der Waals surface area contributed by atoms with E-state index in [0.29, 0.717) is 16.8 Å². The molecule has 0 aliphatic rings. The average Bonchev–Trinajstić information content (AvgIpc) is 2.58. The van der Waals surface area contributed by atoms with Gasteiger partial charge in [0.15, 0.2) is 5.58 Å². The summed E-state index contributed by atoms with van der Waals surface area (Å²) in [5.41, 5.74) is 8.31. The molecule has 1 atom stereocenters. The Morgan fingerprint density at radius 2 is 2.41 bits per heavy atom. The highest BCUT2D eigenvalue weighted by Gasteiger charge is 2.08. The number of rotatable bonds is 4. The van der Waals surface area contributed by atoms with Gasteiger partial charge in [-0.3, -0.25) is 4.98 Å². The summed E-state index contributed by atoms with van der Waals surface area (Å²) in [6.45, 7) is 5.72. The second-order valence-electron chi connectivity index (χ2n) is 4.02. The lowest BCUT2D eigenvalue weighted by atomic mass is 10.2. The van der Waals surface area contributed by atoms with Crippen LogP contribution in [0.4, 0.5) is 11.4 Å². The van der Waals surface area contributed by atoms with E-state index in [2.05, 4.69) is 16.9 Å². The first-order valence-corrected chi connectivity index (χ1v) is 5.40. The van der Waals surface area contributed by atoms with Crippen molar-refractivity contribution in [3.8, 4) is 0 Å². The Morgan fingerprint density at radius 3 is 3.12 bits per heavy atom. The van der Waals surface area contributed by atoms with Gasteiger partial charge in [0.1, 0.15) is 0 Å². The molecule has 0 spiro atoms. The lowest BCUT2D eigenvalue weighted by Gasteiger charge is -2.14. The molecular formula is C12H15N3O2. The third-order valence-electron chi connectivity index (χ3n) is 2.51. The van der Waals surface area contributed by atoms with Gasteiger partial charge in [0, 0.05) is 12.1 Å². The van der Waals surface area contributed by atoms with Crippen LogP contribution in [0.25, 0.3) is 11.1 Å². The van der Waals surface area contributed by atoms with Crippen LogP contribution in [0.2, 0.25) is 0 Å². The molecule has 5 nitrogen and oxygen atoms in total. The van der Waals surface area contributed by atoms with Gasteiger partial charge in [-0.1, -0.05) is 6.08 Å². The second-order valence-corrected chi connectivity index (χ2v) is 4.02. The number of anilines is 2. The van der Waals surface area contributed by atoms with Crippen molar-refractivity contribution in [3.63, 3.8) is 0 Å². The van der Waals surface area contributed by atoms with Gasteiger partial charge >= 0.3 is 5.76 Å². The van der Waals surface area contributed by atoms with E-state index in [0.717, 1.165) is 12.1 Å². The first kappa shape index (κ1) is 11.3. The maximum absolute atomic E-state index is 11.0. The summed E-state index contributed by atoms with van der Waals surface area (Å²) < 4.78 is 4.92. The molecule has 1 aromatic carbocycles. The number of hydrogen-bond donors (Lipinski definition) is 3. The SMILES string of the molecule is C=CCC(C)Nc1cc2[nH]c(=O)oc2cc1N. The van der Waals surface area contributed by atoms with Crippen molar-refractivity contribution in [2.45, 2.75) is 19.4 Å². The topological polar surface area (TPSA) is 84.0 Å².